The molecule has 0 unspecified atom stereocenters. The zero-order valence-electron chi connectivity index (χ0n) is 18.1. The molecule has 1 aliphatic heterocycles. The van der Waals surface area contributed by atoms with E-state index in [1.807, 2.05) is 66.7 Å². The van der Waals surface area contributed by atoms with Gasteiger partial charge in [0.15, 0.2) is 0 Å². The van der Waals surface area contributed by atoms with Crippen LogP contribution in [0.25, 0.3) is 0 Å². The minimum atomic E-state index is -0.101. The Morgan fingerprint density at radius 1 is 0.968 bits per heavy atom. The SMILES string of the molecule is C[C@@H]1CCCN(Cc2ccc(C(=O)Nc3ccc(OCc4ccccc4)cc3)cc2)C1. The number of benzene rings is 3. The van der Waals surface area contributed by atoms with Crippen LogP contribution in [-0.4, -0.2) is 23.9 Å². The highest BCUT2D eigenvalue weighted by atomic mass is 16.5. The minimum Gasteiger partial charge on any atom is -0.489 e. The molecule has 1 fully saturated rings. The Labute approximate surface area is 184 Å². The predicted molar refractivity (Wildman–Crippen MR) is 125 cm³/mol. The molecule has 4 rings (SSSR count). The van der Waals surface area contributed by atoms with Crippen LogP contribution in [0.15, 0.2) is 78.9 Å². The first kappa shape index (κ1) is 21.1. The van der Waals surface area contributed by atoms with Gasteiger partial charge >= 0.3 is 0 Å². The molecule has 1 heterocycles. The molecule has 160 valence electrons. The van der Waals surface area contributed by atoms with Gasteiger partial charge in [-0.05, 0) is 72.8 Å². The van der Waals surface area contributed by atoms with Crippen LogP contribution in [0, 0.1) is 5.92 Å². The standard InChI is InChI=1S/C27H30N2O2/c1-21-6-5-17-29(18-21)19-22-9-11-24(12-10-22)27(30)28-25-13-15-26(16-14-25)31-20-23-7-3-2-4-8-23/h2-4,7-16,21H,5-6,17-20H2,1H3,(H,28,30)/t21-/m1/s1. The highest BCUT2D eigenvalue weighted by Gasteiger charge is 2.16. The van der Waals surface area contributed by atoms with Gasteiger partial charge in [0.05, 0.1) is 0 Å². The number of piperidine rings is 1. The smallest absolute Gasteiger partial charge is 0.255 e. The third-order valence-corrected chi connectivity index (χ3v) is 5.72. The van der Waals surface area contributed by atoms with Crippen molar-refractivity contribution in [1.82, 2.24) is 4.90 Å². The summed E-state index contributed by atoms with van der Waals surface area (Å²) in [7, 11) is 0. The summed E-state index contributed by atoms with van der Waals surface area (Å²) in [5.74, 6) is 1.45. The Bertz CT molecular complexity index is 968. The second kappa shape index (κ2) is 10.3. The number of ether oxygens (including phenoxy) is 1. The summed E-state index contributed by atoms with van der Waals surface area (Å²) < 4.78 is 5.80. The Hall–Kier alpha value is -3.11. The van der Waals surface area contributed by atoms with Crippen molar-refractivity contribution in [2.75, 3.05) is 18.4 Å². The molecule has 0 saturated carbocycles. The van der Waals surface area contributed by atoms with Gasteiger partial charge in [-0.3, -0.25) is 9.69 Å². The van der Waals surface area contributed by atoms with E-state index in [4.69, 9.17) is 4.74 Å². The zero-order chi connectivity index (χ0) is 21.5. The minimum absolute atomic E-state index is 0.101. The van der Waals surface area contributed by atoms with Gasteiger partial charge < -0.3 is 10.1 Å². The Balaban J connectivity index is 1.28. The molecule has 1 aliphatic rings. The monoisotopic (exact) mass is 414 g/mol. The lowest BCUT2D eigenvalue weighted by Gasteiger charge is -2.30. The topological polar surface area (TPSA) is 41.6 Å². The molecule has 4 nitrogen and oxygen atoms in total. The van der Waals surface area contributed by atoms with Crippen molar-refractivity contribution in [2.45, 2.75) is 32.9 Å². The molecule has 0 bridgehead atoms. The van der Waals surface area contributed by atoms with Crippen molar-refractivity contribution in [3.8, 4) is 5.75 Å². The fourth-order valence-corrected chi connectivity index (χ4v) is 4.03. The van der Waals surface area contributed by atoms with E-state index < -0.39 is 0 Å². The first-order valence-electron chi connectivity index (χ1n) is 11.0. The molecular formula is C27H30N2O2. The number of rotatable bonds is 7. The average molecular weight is 415 g/mol. The van der Waals surface area contributed by atoms with Crippen LogP contribution < -0.4 is 10.1 Å². The number of nitrogens with zero attached hydrogens (tertiary/aromatic N) is 1. The molecule has 0 aliphatic carbocycles. The molecule has 3 aromatic rings. The number of carbonyl (C=O) groups is 1. The Morgan fingerprint density at radius 3 is 2.42 bits per heavy atom. The fourth-order valence-electron chi connectivity index (χ4n) is 4.03. The first-order chi connectivity index (χ1) is 15.2. The van der Waals surface area contributed by atoms with Crippen molar-refractivity contribution in [1.29, 1.82) is 0 Å². The van der Waals surface area contributed by atoms with Crippen LogP contribution in [0.5, 0.6) is 5.75 Å². The molecular weight excluding hydrogens is 384 g/mol. The third-order valence-electron chi connectivity index (χ3n) is 5.72. The summed E-state index contributed by atoms with van der Waals surface area (Å²) in [5.41, 5.74) is 3.80. The van der Waals surface area contributed by atoms with Gasteiger partial charge in [0.2, 0.25) is 0 Å². The second-order valence-corrected chi connectivity index (χ2v) is 8.43. The van der Waals surface area contributed by atoms with Crippen molar-refractivity contribution in [3.63, 3.8) is 0 Å². The van der Waals surface area contributed by atoms with Gasteiger partial charge in [-0.25, -0.2) is 0 Å². The molecule has 1 atom stereocenters. The van der Waals surface area contributed by atoms with Crippen molar-refractivity contribution in [3.05, 3.63) is 95.6 Å². The quantitative estimate of drug-likeness (QED) is 0.535. The largest absolute Gasteiger partial charge is 0.489 e. The Kier molecular flexibility index (Phi) is 7.00. The summed E-state index contributed by atoms with van der Waals surface area (Å²) in [4.78, 5) is 15.1. The highest BCUT2D eigenvalue weighted by Crippen LogP contribution is 2.20. The van der Waals surface area contributed by atoms with E-state index in [9.17, 15) is 4.79 Å². The van der Waals surface area contributed by atoms with Gasteiger partial charge in [0.25, 0.3) is 5.91 Å². The summed E-state index contributed by atoms with van der Waals surface area (Å²) in [6, 6.07) is 25.5. The second-order valence-electron chi connectivity index (χ2n) is 8.43. The maximum Gasteiger partial charge on any atom is 0.255 e. The molecule has 0 aromatic heterocycles. The highest BCUT2D eigenvalue weighted by molar-refractivity contribution is 6.04. The van der Waals surface area contributed by atoms with Crippen LogP contribution in [0.3, 0.4) is 0 Å². The summed E-state index contributed by atoms with van der Waals surface area (Å²) in [5, 5.41) is 2.96. The van der Waals surface area contributed by atoms with Gasteiger partial charge in [-0.2, -0.15) is 0 Å². The molecule has 1 N–H and O–H groups in total. The summed E-state index contributed by atoms with van der Waals surface area (Å²) >= 11 is 0. The first-order valence-corrected chi connectivity index (χ1v) is 11.0. The van der Waals surface area contributed by atoms with E-state index in [0.29, 0.717) is 12.2 Å². The summed E-state index contributed by atoms with van der Waals surface area (Å²) in [6.45, 7) is 6.12. The third kappa shape index (κ3) is 6.19. The van der Waals surface area contributed by atoms with Crippen LogP contribution in [-0.2, 0) is 13.2 Å². The fraction of sp³-hybridized carbons (Fsp3) is 0.296. The molecule has 0 radical (unpaired) electrons. The van der Waals surface area contributed by atoms with Crippen molar-refractivity contribution >= 4 is 11.6 Å². The maximum atomic E-state index is 12.6. The van der Waals surface area contributed by atoms with Gasteiger partial charge in [0, 0.05) is 24.3 Å². The van der Waals surface area contributed by atoms with Crippen LogP contribution in [0.1, 0.15) is 41.3 Å². The Morgan fingerprint density at radius 2 is 1.71 bits per heavy atom. The number of nitrogens with one attached hydrogen (secondary N) is 1. The van der Waals surface area contributed by atoms with E-state index in [-0.39, 0.29) is 5.91 Å². The molecule has 0 spiro atoms. The zero-order valence-corrected chi connectivity index (χ0v) is 18.1. The molecule has 1 amide bonds. The average Bonchev–Trinajstić information content (AvgIpc) is 2.80. The normalized spacial score (nSPS) is 16.6. The van der Waals surface area contributed by atoms with Crippen LogP contribution >= 0.6 is 0 Å². The van der Waals surface area contributed by atoms with Crippen LogP contribution in [0.2, 0.25) is 0 Å². The maximum absolute atomic E-state index is 12.6. The number of anilines is 1. The lowest BCUT2D eigenvalue weighted by molar-refractivity contribution is 0.102. The van der Waals surface area contributed by atoms with Gasteiger partial charge in [-0.15, -0.1) is 0 Å². The van der Waals surface area contributed by atoms with Gasteiger partial charge in [-0.1, -0.05) is 49.4 Å². The molecule has 4 heteroatoms. The van der Waals surface area contributed by atoms with Crippen LogP contribution in [0.4, 0.5) is 5.69 Å². The number of likely N-dealkylation sites (tertiary alicyclic amines) is 1. The number of amides is 1. The summed E-state index contributed by atoms with van der Waals surface area (Å²) in [6.07, 6.45) is 2.60. The van der Waals surface area contributed by atoms with E-state index in [2.05, 4.69) is 29.3 Å². The van der Waals surface area contributed by atoms with E-state index in [0.717, 1.165) is 42.6 Å². The lowest BCUT2D eigenvalue weighted by Crippen LogP contribution is -2.33. The number of hydrogen-bond donors (Lipinski definition) is 1. The van der Waals surface area contributed by atoms with E-state index in [1.165, 1.54) is 18.4 Å². The number of carbonyl (C=O) groups excluding carboxylic acids is 1. The predicted octanol–water partition coefficient (Wildman–Crippen LogP) is 5.75. The van der Waals surface area contributed by atoms with E-state index >= 15 is 0 Å². The van der Waals surface area contributed by atoms with E-state index in [1.54, 1.807) is 0 Å². The van der Waals surface area contributed by atoms with Gasteiger partial charge in [0.1, 0.15) is 12.4 Å². The number of hydrogen-bond acceptors (Lipinski definition) is 3. The molecule has 1 saturated heterocycles. The molecule has 31 heavy (non-hydrogen) atoms. The van der Waals surface area contributed by atoms with Crippen molar-refractivity contribution in [2.24, 2.45) is 5.92 Å². The molecule has 3 aromatic carbocycles. The van der Waals surface area contributed by atoms with Crippen molar-refractivity contribution < 1.29 is 9.53 Å². The lowest BCUT2D eigenvalue weighted by atomic mass is 9.99.